The van der Waals surface area contributed by atoms with Gasteiger partial charge in [-0.1, -0.05) is 0 Å². The zero-order valence-electron chi connectivity index (χ0n) is 15.3. The summed E-state index contributed by atoms with van der Waals surface area (Å²) < 4.78 is 30.7. The number of aliphatic carboxylic acids is 1. The fourth-order valence-electron chi connectivity index (χ4n) is 2.12. The van der Waals surface area contributed by atoms with Crippen LogP contribution in [-0.2, 0) is 19.6 Å². The van der Waals surface area contributed by atoms with Crippen LogP contribution in [0.3, 0.4) is 0 Å². The highest BCUT2D eigenvalue weighted by atomic mass is 32.2. The molecule has 0 bridgehead atoms. The molecule has 26 heavy (non-hydrogen) atoms. The lowest BCUT2D eigenvalue weighted by molar-refractivity contribution is -0.141. The topological polar surface area (TPSA) is 137 Å². The molecule has 0 aliphatic carbocycles. The van der Waals surface area contributed by atoms with Crippen LogP contribution in [0.4, 0.5) is 0 Å². The number of carbonyl (C=O) groups is 3. The van der Waals surface area contributed by atoms with Crippen LogP contribution in [0.5, 0.6) is 0 Å². The first kappa shape index (κ1) is 21.6. The third-order valence-corrected chi connectivity index (χ3v) is 5.58. The summed E-state index contributed by atoms with van der Waals surface area (Å²) in [5.74, 6) is -2.63. The van der Waals surface area contributed by atoms with Gasteiger partial charge in [-0.15, -0.1) is 0 Å². The van der Waals surface area contributed by atoms with Gasteiger partial charge in [0, 0.05) is 40.2 Å². The second kappa shape index (κ2) is 8.32. The number of nitrogens with one attached hydrogen (secondary N) is 1. The molecule has 0 spiro atoms. The van der Waals surface area contributed by atoms with E-state index in [-0.39, 0.29) is 35.4 Å². The smallest absolute Gasteiger partial charge is 0.326 e. The lowest BCUT2D eigenvalue weighted by Crippen LogP contribution is -2.46. The van der Waals surface area contributed by atoms with E-state index in [1.165, 1.54) is 34.9 Å². The van der Waals surface area contributed by atoms with Gasteiger partial charge < -0.3 is 19.7 Å². The van der Waals surface area contributed by atoms with E-state index in [0.717, 1.165) is 15.3 Å². The van der Waals surface area contributed by atoms with Crippen molar-refractivity contribution in [2.24, 2.45) is 0 Å². The molecule has 1 unspecified atom stereocenters. The van der Waals surface area contributed by atoms with Gasteiger partial charge in [0.25, 0.3) is 5.91 Å². The van der Waals surface area contributed by atoms with Gasteiger partial charge in [-0.2, -0.15) is 0 Å². The van der Waals surface area contributed by atoms with Gasteiger partial charge in [-0.05, 0) is 13.8 Å². The number of carboxylic acid groups (broad SMARTS) is 1. The van der Waals surface area contributed by atoms with Gasteiger partial charge in [0.05, 0.1) is 0 Å². The van der Waals surface area contributed by atoms with Crippen molar-refractivity contribution in [1.29, 1.82) is 0 Å². The summed E-state index contributed by atoms with van der Waals surface area (Å²) in [6.07, 6.45) is 0. The number of hydrogen-bond donors (Lipinski definition) is 2. The summed E-state index contributed by atoms with van der Waals surface area (Å²) in [6.45, 7) is 3.96. The maximum atomic E-state index is 12.7. The zero-order valence-corrected chi connectivity index (χ0v) is 16.1. The van der Waals surface area contributed by atoms with E-state index in [4.69, 9.17) is 4.42 Å². The fraction of sp³-hybridized carbons (Fsp3) is 0.533. The summed E-state index contributed by atoms with van der Waals surface area (Å²) in [7, 11) is -1.13. The Hall–Kier alpha value is -2.40. The van der Waals surface area contributed by atoms with Crippen molar-refractivity contribution in [3.63, 3.8) is 0 Å². The molecule has 0 aromatic carbocycles. The van der Waals surface area contributed by atoms with Crippen LogP contribution in [0.1, 0.15) is 30.2 Å². The maximum absolute atomic E-state index is 12.7. The minimum atomic E-state index is -3.82. The van der Waals surface area contributed by atoms with Gasteiger partial charge in [-0.3, -0.25) is 9.59 Å². The van der Waals surface area contributed by atoms with Gasteiger partial charge in [-0.25, -0.2) is 17.5 Å². The van der Waals surface area contributed by atoms with E-state index >= 15 is 0 Å². The van der Waals surface area contributed by atoms with E-state index in [0.29, 0.717) is 0 Å². The summed E-state index contributed by atoms with van der Waals surface area (Å²) >= 11 is 0. The molecule has 0 aliphatic rings. The predicted octanol–water partition coefficient (Wildman–Crippen LogP) is -0.110. The van der Waals surface area contributed by atoms with E-state index < -0.39 is 27.9 Å². The minimum absolute atomic E-state index is 0.0202. The molecule has 1 atom stereocenters. The lowest BCUT2D eigenvalue weighted by atomic mass is 10.2. The highest BCUT2D eigenvalue weighted by Gasteiger charge is 2.31. The summed E-state index contributed by atoms with van der Waals surface area (Å²) in [5, 5.41) is 11.7. The number of nitrogens with zero attached hydrogens (tertiary/aromatic N) is 2. The lowest BCUT2D eigenvalue weighted by Gasteiger charge is -2.25. The molecule has 1 rings (SSSR count). The number of amides is 2. The zero-order chi connectivity index (χ0) is 20.2. The molecular weight excluding hydrogens is 366 g/mol. The summed E-state index contributed by atoms with van der Waals surface area (Å²) in [6, 6.07) is -0.122. The number of furan rings is 1. The van der Waals surface area contributed by atoms with Crippen LogP contribution in [0.25, 0.3) is 0 Å². The summed E-state index contributed by atoms with van der Waals surface area (Å²) in [5.41, 5.74) is 0. The molecule has 0 radical (unpaired) electrons. The third-order valence-electron chi connectivity index (χ3n) is 3.65. The Labute approximate surface area is 151 Å². The van der Waals surface area contributed by atoms with Gasteiger partial charge in [0.2, 0.25) is 15.9 Å². The molecule has 2 amide bonds. The molecule has 1 aromatic heterocycles. The SMILES string of the molecule is CC(=O)NCCN(C(=O)c1cc(S(=O)(=O)N(C)C)c(C)o1)C(C)C(=O)O. The quantitative estimate of drug-likeness (QED) is 0.633. The average molecular weight is 389 g/mol. The van der Waals surface area contributed by atoms with Crippen molar-refractivity contribution in [3.05, 3.63) is 17.6 Å². The molecule has 0 aliphatic heterocycles. The van der Waals surface area contributed by atoms with E-state index in [1.54, 1.807) is 0 Å². The molecule has 2 N–H and O–H groups in total. The molecule has 10 nitrogen and oxygen atoms in total. The monoisotopic (exact) mass is 389 g/mol. The molecule has 11 heteroatoms. The van der Waals surface area contributed by atoms with Crippen LogP contribution in [-0.4, -0.2) is 73.7 Å². The predicted molar refractivity (Wildman–Crippen MR) is 91.1 cm³/mol. The van der Waals surface area contributed by atoms with Crippen LogP contribution in [0.2, 0.25) is 0 Å². The van der Waals surface area contributed by atoms with E-state index in [2.05, 4.69) is 5.32 Å². The standard InChI is InChI=1S/C15H23N3O7S/c1-9(15(21)22)18(7-6-16-11(3)19)14(20)12-8-13(10(2)25-12)26(23,24)17(4)5/h8-9H,6-7H2,1-5H3,(H,16,19)(H,21,22). The first-order valence-corrected chi connectivity index (χ1v) is 9.14. The number of sulfonamides is 1. The Kier molecular flexibility index (Phi) is 6.93. The summed E-state index contributed by atoms with van der Waals surface area (Å²) in [4.78, 5) is 35.7. The Morgan fingerprint density at radius 2 is 1.88 bits per heavy atom. The molecular formula is C15H23N3O7S. The largest absolute Gasteiger partial charge is 0.480 e. The molecule has 0 saturated heterocycles. The van der Waals surface area contributed by atoms with Crippen molar-refractivity contribution >= 4 is 27.8 Å². The van der Waals surface area contributed by atoms with E-state index in [1.807, 2.05) is 0 Å². The highest BCUT2D eigenvalue weighted by Crippen LogP contribution is 2.23. The van der Waals surface area contributed by atoms with Gasteiger partial charge in [0.15, 0.2) is 5.76 Å². The fourth-order valence-corrected chi connectivity index (χ4v) is 3.18. The van der Waals surface area contributed by atoms with Crippen molar-refractivity contribution in [1.82, 2.24) is 14.5 Å². The normalized spacial score (nSPS) is 12.7. The Balaban J connectivity index is 3.19. The molecule has 0 fully saturated rings. The number of hydrogen-bond acceptors (Lipinski definition) is 6. The van der Waals surface area contributed by atoms with Crippen molar-refractivity contribution < 1.29 is 32.3 Å². The van der Waals surface area contributed by atoms with Crippen LogP contribution >= 0.6 is 0 Å². The van der Waals surface area contributed by atoms with Crippen LogP contribution in [0.15, 0.2) is 15.4 Å². The third kappa shape index (κ3) is 4.82. The number of rotatable bonds is 8. The Morgan fingerprint density at radius 3 is 2.35 bits per heavy atom. The first-order valence-electron chi connectivity index (χ1n) is 7.70. The van der Waals surface area contributed by atoms with Gasteiger partial charge >= 0.3 is 5.97 Å². The molecule has 1 heterocycles. The Bertz CT molecular complexity index is 798. The Morgan fingerprint density at radius 1 is 1.31 bits per heavy atom. The number of carboxylic acids is 1. The number of aryl methyl sites for hydroxylation is 1. The molecule has 0 saturated carbocycles. The first-order chi connectivity index (χ1) is 11.9. The van der Waals surface area contributed by atoms with Crippen molar-refractivity contribution in [3.8, 4) is 0 Å². The average Bonchev–Trinajstić information content (AvgIpc) is 2.92. The second-order valence-corrected chi connectivity index (χ2v) is 7.93. The van der Waals surface area contributed by atoms with Crippen LogP contribution in [0, 0.1) is 6.92 Å². The van der Waals surface area contributed by atoms with Crippen molar-refractivity contribution in [2.75, 3.05) is 27.2 Å². The van der Waals surface area contributed by atoms with Gasteiger partial charge in [0.1, 0.15) is 16.7 Å². The maximum Gasteiger partial charge on any atom is 0.326 e. The minimum Gasteiger partial charge on any atom is -0.480 e. The number of carbonyl (C=O) groups excluding carboxylic acids is 2. The molecule has 146 valence electrons. The second-order valence-electron chi connectivity index (χ2n) is 5.81. The highest BCUT2D eigenvalue weighted by molar-refractivity contribution is 7.89. The van der Waals surface area contributed by atoms with Crippen molar-refractivity contribution in [2.45, 2.75) is 31.7 Å². The molecule has 1 aromatic rings. The van der Waals surface area contributed by atoms with Crippen LogP contribution < -0.4 is 5.32 Å². The van der Waals surface area contributed by atoms with E-state index in [9.17, 15) is 27.9 Å².